The van der Waals surface area contributed by atoms with Gasteiger partial charge in [0.25, 0.3) is 0 Å². The van der Waals surface area contributed by atoms with Crippen molar-refractivity contribution in [1.82, 2.24) is 4.90 Å². The molecule has 78 valence electrons. The number of hydrogen-bond acceptors (Lipinski definition) is 2. The van der Waals surface area contributed by atoms with E-state index in [4.69, 9.17) is 5.26 Å². The summed E-state index contributed by atoms with van der Waals surface area (Å²) in [5.41, 5.74) is 0. The third kappa shape index (κ3) is 2.73. The SMILES string of the molecule is CC(C)N(CC#N)C(=O)CC1CCC1. The number of nitrogens with zero attached hydrogens (tertiary/aromatic N) is 2. The van der Waals surface area contributed by atoms with Crippen LogP contribution in [0.15, 0.2) is 0 Å². The zero-order valence-electron chi connectivity index (χ0n) is 8.99. The molecule has 1 fully saturated rings. The second-order valence-electron chi connectivity index (χ2n) is 4.27. The Hall–Kier alpha value is -1.04. The van der Waals surface area contributed by atoms with Crippen molar-refractivity contribution >= 4 is 5.91 Å². The van der Waals surface area contributed by atoms with Gasteiger partial charge in [0.05, 0.1) is 6.07 Å². The van der Waals surface area contributed by atoms with E-state index in [0.29, 0.717) is 12.3 Å². The average Bonchev–Trinajstić information content (AvgIpc) is 2.06. The minimum Gasteiger partial charge on any atom is -0.327 e. The van der Waals surface area contributed by atoms with Gasteiger partial charge in [-0.05, 0) is 32.6 Å². The molecular formula is C11H18N2O. The van der Waals surface area contributed by atoms with E-state index in [-0.39, 0.29) is 18.5 Å². The van der Waals surface area contributed by atoms with Crippen molar-refractivity contribution in [2.24, 2.45) is 5.92 Å². The van der Waals surface area contributed by atoms with Crippen LogP contribution in [0.2, 0.25) is 0 Å². The first-order valence-corrected chi connectivity index (χ1v) is 5.31. The molecule has 0 spiro atoms. The van der Waals surface area contributed by atoms with Crippen molar-refractivity contribution in [2.75, 3.05) is 6.54 Å². The highest BCUT2D eigenvalue weighted by Gasteiger charge is 2.24. The van der Waals surface area contributed by atoms with E-state index in [2.05, 4.69) is 0 Å². The summed E-state index contributed by atoms with van der Waals surface area (Å²) in [6, 6.07) is 2.19. The molecule has 0 saturated heterocycles. The fourth-order valence-corrected chi connectivity index (χ4v) is 1.70. The molecule has 0 aliphatic heterocycles. The average molecular weight is 194 g/mol. The van der Waals surface area contributed by atoms with E-state index < -0.39 is 0 Å². The highest BCUT2D eigenvalue weighted by Crippen LogP contribution is 2.30. The maximum atomic E-state index is 11.8. The molecule has 0 atom stereocenters. The molecular weight excluding hydrogens is 176 g/mol. The summed E-state index contributed by atoms with van der Waals surface area (Å²) in [5.74, 6) is 0.730. The van der Waals surface area contributed by atoms with Crippen molar-refractivity contribution < 1.29 is 4.79 Å². The number of nitriles is 1. The van der Waals surface area contributed by atoms with Crippen LogP contribution in [0.25, 0.3) is 0 Å². The van der Waals surface area contributed by atoms with Gasteiger partial charge in [-0.3, -0.25) is 4.79 Å². The van der Waals surface area contributed by atoms with Gasteiger partial charge in [0.2, 0.25) is 5.91 Å². The van der Waals surface area contributed by atoms with E-state index in [0.717, 1.165) is 0 Å². The molecule has 0 aromatic rings. The molecule has 3 nitrogen and oxygen atoms in total. The van der Waals surface area contributed by atoms with E-state index >= 15 is 0 Å². The summed E-state index contributed by atoms with van der Waals surface area (Å²) < 4.78 is 0. The maximum Gasteiger partial charge on any atom is 0.223 e. The Morgan fingerprint density at radius 1 is 1.57 bits per heavy atom. The molecule has 1 amide bonds. The second-order valence-corrected chi connectivity index (χ2v) is 4.27. The third-order valence-electron chi connectivity index (χ3n) is 2.87. The van der Waals surface area contributed by atoms with Crippen LogP contribution in [-0.2, 0) is 4.79 Å². The molecule has 0 aromatic heterocycles. The summed E-state index contributed by atoms with van der Waals surface area (Å²) >= 11 is 0. The standard InChI is InChI=1S/C11H18N2O/c1-9(2)13(7-6-12)11(14)8-10-4-3-5-10/h9-10H,3-5,7-8H2,1-2H3. The van der Waals surface area contributed by atoms with Gasteiger partial charge >= 0.3 is 0 Å². The Bertz CT molecular complexity index is 238. The number of rotatable bonds is 4. The van der Waals surface area contributed by atoms with Gasteiger partial charge in [-0.15, -0.1) is 0 Å². The zero-order chi connectivity index (χ0) is 10.6. The van der Waals surface area contributed by atoms with E-state index in [1.54, 1.807) is 4.90 Å². The lowest BCUT2D eigenvalue weighted by Gasteiger charge is -2.29. The molecule has 1 saturated carbocycles. The van der Waals surface area contributed by atoms with Crippen molar-refractivity contribution in [3.05, 3.63) is 0 Å². The maximum absolute atomic E-state index is 11.8. The fraction of sp³-hybridized carbons (Fsp3) is 0.818. The van der Waals surface area contributed by atoms with Gasteiger partial charge in [-0.2, -0.15) is 5.26 Å². The monoisotopic (exact) mass is 194 g/mol. The summed E-state index contributed by atoms with van der Waals surface area (Å²) in [6.45, 7) is 4.13. The first-order valence-electron chi connectivity index (χ1n) is 5.31. The molecule has 0 unspecified atom stereocenters. The summed E-state index contributed by atoms with van der Waals surface area (Å²) in [7, 11) is 0. The number of amides is 1. The summed E-state index contributed by atoms with van der Waals surface area (Å²) in [4.78, 5) is 13.4. The molecule has 1 aliphatic carbocycles. The van der Waals surface area contributed by atoms with Crippen LogP contribution in [0.3, 0.4) is 0 Å². The minimum atomic E-state index is 0.141. The summed E-state index contributed by atoms with van der Waals surface area (Å²) in [5, 5.41) is 8.60. The van der Waals surface area contributed by atoms with Crippen LogP contribution in [0.4, 0.5) is 0 Å². The van der Waals surface area contributed by atoms with Crippen molar-refractivity contribution in [3.63, 3.8) is 0 Å². The second kappa shape index (κ2) is 4.99. The first kappa shape index (κ1) is 11.0. The van der Waals surface area contributed by atoms with Gasteiger partial charge in [0, 0.05) is 12.5 Å². The van der Waals surface area contributed by atoms with Crippen molar-refractivity contribution in [2.45, 2.75) is 45.6 Å². The fourth-order valence-electron chi connectivity index (χ4n) is 1.70. The molecule has 0 aromatic carbocycles. The molecule has 14 heavy (non-hydrogen) atoms. The molecule has 0 N–H and O–H groups in total. The predicted octanol–water partition coefficient (Wildman–Crippen LogP) is 1.94. The molecule has 3 heteroatoms. The van der Waals surface area contributed by atoms with E-state index in [1.807, 2.05) is 19.9 Å². The van der Waals surface area contributed by atoms with Gasteiger partial charge < -0.3 is 4.90 Å². The van der Waals surface area contributed by atoms with E-state index in [9.17, 15) is 4.79 Å². The Morgan fingerprint density at radius 3 is 2.57 bits per heavy atom. The lowest BCUT2D eigenvalue weighted by molar-refractivity contribution is -0.133. The third-order valence-corrected chi connectivity index (χ3v) is 2.87. The molecule has 0 radical (unpaired) electrons. The molecule has 0 heterocycles. The smallest absolute Gasteiger partial charge is 0.223 e. The number of carbonyl (C=O) groups is 1. The lowest BCUT2D eigenvalue weighted by atomic mass is 9.82. The highest BCUT2D eigenvalue weighted by molar-refractivity contribution is 5.77. The molecule has 1 rings (SSSR count). The number of carbonyl (C=O) groups excluding carboxylic acids is 1. The normalized spacial score (nSPS) is 16.1. The van der Waals surface area contributed by atoms with Gasteiger partial charge in [0.15, 0.2) is 0 Å². The largest absolute Gasteiger partial charge is 0.327 e. The topological polar surface area (TPSA) is 44.1 Å². The van der Waals surface area contributed by atoms with Crippen LogP contribution >= 0.6 is 0 Å². The predicted molar refractivity (Wildman–Crippen MR) is 54.4 cm³/mol. The molecule has 0 bridgehead atoms. The lowest BCUT2D eigenvalue weighted by Crippen LogP contribution is -2.38. The van der Waals surface area contributed by atoms with Crippen LogP contribution in [0.5, 0.6) is 0 Å². The van der Waals surface area contributed by atoms with Crippen LogP contribution in [-0.4, -0.2) is 23.4 Å². The Labute approximate surface area is 85.7 Å². The minimum absolute atomic E-state index is 0.141. The Balaban J connectivity index is 2.41. The summed E-state index contributed by atoms with van der Waals surface area (Å²) in [6.07, 6.45) is 4.27. The first-order chi connectivity index (χ1) is 6.65. The van der Waals surface area contributed by atoms with Crippen molar-refractivity contribution in [3.8, 4) is 6.07 Å². The van der Waals surface area contributed by atoms with Gasteiger partial charge in [-0.25, -0.2) is 0 Å². The number of hydrogen-bond donors (Lipinski definition) is 0. The van der Waals surface area contributed by atoms with Gasteiger partial charge in [0.1, 0.15) is 6.54 Å². The Morgan fingerprint density at radius 2 is 2.21 bits per heavy atom. The zero-order valence-corrected chi connectivity index (χ0v) is 8.99. The van der Waals surface area contributed by atoms with Gasteiger partial charge in [-0.1, -0.05) is 6.42 Å². The van der Waals surface area contributed by atoms with Crippen LogP contribution in [0, 0.1) is 17.2 Å². The quantitative estimate of drug-likeness (QED) is 0.642. The van der Waals surface area contributed by atoms with Crippen LogP contribution < -0.4 is 0 Å². The molecule has 1 aliphatic rings. The Kier molecular flexibility index (Phi) is 3.94. The van der Waals surface area contributed by atoms with Crippen LogP contribution in [0.1, 0.15) is 39.5 Å². The van der Waals surface area contributed by atoms with E-state index in [1.165, 1.54) is 19.3 Å². The van der Waals surface area contributed by atoms with Crippen molar-refractivity contribution in [1.29, 1.82) is 5.26 Å². The highest BCUT2D eigenvalue weighted by atomic mass is 16.2.